The fraction of sp³-hybridized carbons (Fsp3) is 0.0714. The van der Waals surface area contributed by atoms with Crippen LogP contribution in [0.4, 0.5) is 16.4 Å². The Kier molecular flexibility index (Phi) is 6.83. The number of nitrogens with one attached hydrogen (secondary N) is 2. The van der Waals surface area contributed by atoms with Gasteiger partial charge < -0.3 is 15.8 Å². The maximum absolute atomic E-state index is 12.7. The summed E-state index contributed by atoms with van der Waals surface area (Å²) in [6.45, 7) is 0.311. The van der Waals surface area contributed by atoms with Gasteiger partial charge in [0.1, 0.15) is 5.75 Å². The van der Waals surface area contributed by atoms with Gasteiger partial charge in [0.15, 0.2) is 11.6 Å². The van der Waals surface area contributed by atoms with E-state index in [0.29, 0.717) is 28.5 Å². The van der Waals surface area contributed by atoms with E-state index in [-0.39, 0.29) is 11.6 Å². The first-order chi connectivity index (χ1) is 18.0. The molecule has 3 aromatic carbocycles. The van der Waals surface area contributed by atoms with E-state index in [4.69, 9.17) is 27.1 Å². The summed E-state index contributed by atoms with van der Waals surface area (Å²) in [5.74, 6) is 0.979. The fourth-order valence-electron chi connectivity index (χ4n) is 3.90. The van der Waals surface area contributed by atoms with Crippen LogP contribution in [-0.2, 0) is 6.54 Å². The van der Waals surface area contributed by atoms with Crippen molar-refractivity contribution in [3.8, 4) is 28.3 Å². The number of pyridine rings is 1. The quantitative estimate of drug-likeness (QED) is 0.261. The molecule has 2 heterocycles. The largest absolute Gasteiger partial charge is 0.497 e. The molecule has 5 aromatic rings. The predicted octanol–water partition coefficient (Wildman–Crippen LogP) is 5.92. The van der Waals surface area contributed by atoms with Crippen molar-refractivity contribution in [2.45, 2.75) is 6.54 Å². The average Bonchev–Trinajstić information content (AvgIpc) is 2.93. The number of nitrogens with zero attached hydrogens (tertiary/aromatic N) is 3. The molecule has 0 atom stereocenters. The van der Waals surface area contributed by atoms with E-state index in [1.54, 1.807) is 19.4 Å². The zero-order valence-corrected chi connectivity index (χ0v) is 20.7. The number of urea groups is 1. The molecular weight excluding hydrogens is 488 g/mol. The Morgan fingerprint density at radius 2 is 1.70 bits per heavy atom. The highest BCUT2D eigenvalue weighted by Gasteiger charge is 2.18. The van der Waals surface area contributed by atoms with Gasteiger partial charge in [-0.25, -0.2) is 14.8 Å². The standard InChI is InChI=1S/C28H23ClN6O2/c1-37-21-11-9-17(10-12-21)16-32-28(36)35-27-26(30)33-24(18-6-3-2-4-7-18)25(34-27)20-14-19-8-5-13-31-23(19)22(29)15-20/h2-15H,16H2,1H3,(H2,30,33)(H2,32,34,35,36). The first kappa shape index (κ1) is 24.0. The first-order valence-corrected chi connectivity index (χ1v) is 11.8. The summed E-state index contributed by atoms with van der Waals surface area (Å²) in [4.78, 5) is 26.4. The summed E-state index contributed by atoms with van der Waals surface area (Å²) in [6.07, 6.45) is 1.69. The molecule has 0 aliphatic rings. The van der Waals surface area contributed by atoms with Crippen molar-refractivity contribution in [2.24, 2.45) is 0 Å². The first-order valence-electron chi connectivity index (χ1n) is 11.5. The third-order valence-electron chi connectivity index (χ3n) is 5.75. The number of hydrogen-bond acceptors (Lipinski definition) is 6. The summed E-state index contributed by atoms with van der Waals surface area (Å²) < 4.78 is 5.17. The van der Waals surface area contributed by atoms with Crippen LogP contribution in [0.3, 0.4) is 0 Å². The molecule has 0 bridgehead atoms. The molecular formula is C28H23ClN6O2. The highest BCUT2D eigenvalue weighted by Crippen LogP contribution is 2.35. The van der Waals surface area contributed by atoms with Crippen molar-refractivity contribution in [1.29, 1.82) is 0 Å². The van der Waals surface area contributed by atoms with Gasteiger partial charge in [-0.2, -0.15) is 0 Å². The van der Waals surface area contributed by atoms with Crippen LogP contribution in [0.1, 0.15) is 5.56 Å². The van der Waals surface area contributed by atoms with E-state index in [1.165, 1.54) is 0 Å². The highest BCUT2D eigenvalue weighted by atomic mass is 35.5. The van der Waals surface area contributed by atoms with E-state index in [0.717, 1.165) is 27.8 Å². The van der Waals surface area contributed by atoms with Crippen LogP contribution in [0, 0.1) is 0 Å². The summed E-state index contributed by atoms with van der Waals surface area (Å²) in [7, 11) is 1.60. The topological polar surface area (TPSA) is 115 Å². The number of anilines is 2. The molecule has 0 aliphatic carbocycles. The maximum Gasteiger partial charge on any atom is 0.320 e. The number of benzene rings is 3. The van der Waals surface area contributed by atoms with Crippen LogP contribution in [0.15, 0.2) is 85.1 Å². The second kappa shape index (κ2) is 10.5. The van der Waals surface area contributed by atoms with Crippen molar-refractivity contribution in [1.82, 2.24) is 20.3 Å². The molecule has 9 heteroatoms. The Morgan fingerprint density at radius 1 is 0.946 bits per heavy atom. The van der Waals surface area contributed by atoms with Crippen LogP contribution in [0.25, 0.3) is 33.4 Å². The Morgan fingerprint density at radius 3 is 2.46 bits per heavy atom. The normalized spacial score (nSPS) is 10.8. The second-order valence-corrected chi connectivity index (χ2v) is 8.62. The molecule has 0 fully saturated rings. The molecule has 0 saturated carbocycles. The summed E-state index contributed by atoms with van der Waals surface area (Å²) in [5, 5.41) is 6.87. The number of amides is 2. The minimum absolute atomic E-state index is 0.0933. The van der Waals surface area contributed by atoms with Gasteiger partial charge >= 0.3 is 6.03 Å². The lowest BCUT2D eigenvalue weighted by Crippen LogP contribution is -2.29. The molecule has 2 amide bonds. The van der Waals surface area contributed by atoms with Gasteiger partial charge in [-0.05, 0) is 35.9 Å². The minimum atomic E-state index is -0.462. The van der Waals surface area contributed by atoms with Crippen LogP contribution < -0.4 is 21.1 Å². The maximum atomic E-state index is 12.7. The second-order valence-electron chi connectivity index (χ2n) is 8.21. The van der Waals surface area contributed by atoms with Crippen molar-refractivity contribution in [3.63, 3.8) is 0 Å². The number of aromatic nitrogens is 3. The van der Waals surface area contributed by atoms with E-state index < -0.39 is 6.03 Å². The lowest BCUT2D eigenvalue weighted by molar-refractivity contribution is 0.251. The number of carbonyl (C=O) groups is 1. The number of hydrogen-bond donors (Lipinski definition) is 3. The van der Waals surface area contributed by atoms with Crippen LogP contribution in [-0.4, -0.2) is 28.1 Å². The number of ether oxygens (including phenoxy) is 1. The smallest absolute Gasteiger partial charge is 0.320 e. The zero-order chi connectivity index (χ0) is 25.8. The Labute approximate surface area is 218 Å². The van der Waals surface area contributed by atoms with E-state index in [1.807, 2.05) is 72.8 Å². The minimum Gasteiger partial charge on any atom is -0.497 e. The number of methoxy groups -OCH3 is 1. The van der Waals surface area contributed by atoms with Gasteiger partial charge in [0.05, 0.1) is 29.0 Å². The van der Waals surface area contributed by atoms with E-state index >= 15 is 0 Å². The molecule has 8 nitrogen and oxygen atoms in total. The Hall–Kier alpha value is -4.69. The molecule has 0 aliphatic heterocycles. The Bertz CT molecular complexity index is 1580. The molecule has 5 rings (SSSR count). The van der Waals surface area contributed by atoms with Gasteiger partial charge in [-0.1, -0.05) is 60.1 Å². The fourth-order valence-corrected chi connectivity index (χ4v) is 4.18. The van der Waals surface area contributed by atoms with E-state index in [9.17, 15) is 4.79 Å². The van der Waals surface area contributed by atoms with Gasteiger partial charge in [0.2, 0.25) is 0 Å². The predicted molar refractivity (Wildman–Crippen MR) is 146 cm³/mol. The SMILES string of the molecule is COc1ccc(CNC(=O)Nc2nc(-c3cc(Cl)c4ncccc4c3)c(-c3ccccc3)nc2N)cc1. The lowest BCUT2D eigenvalue weighted by Gasteiger charge is -2.15. The Balaban J connectivity index is 1.49. The van der Waals surface area contributed by atoms with Crippen LogP contribution in [0.5, 0.6) is 5.75 Å². The molecule has 184 valence electrons. The lowest BCUT2D eigenvalue weighted by atomic mass is 10.0. The molecule has 37 heavy (non-hydrogen) atoms. The van der Waals surface area contributed by atoms with Crippen molar-refractivity contribution in [2.75, 3.05) is 18.2 Å². The summed E-state index contributed by atoms with van der Waals surface area (Å²) >= 11 is 6.56. The van der Waals surface area contributed by atoms with Crippen LogP contribution >= 0.6 is 11.6 Å². The highest BCUT2D eigenvalue weighted by molar-refractivity contribution is 6.35. The zero-order valence-electron chi connectivity index (χ0n) is 19.9. The number of fused-ring (bicyclic) bond motifs is 1. The van der Waals surface area contributed by atoms with Gasteiger partial charge in [0, 0.05) is 29.3 Å². The molecule has 0 unspecified atom stereocenters. The monoisotopic (exact) mass is 510 g/mol. The number of halogens is 1. The third kappa shape index (κ3) is 5.29. The number of rotatable bonds is 6. The van der Waals surface area contributed by atoms with Crippen molar-refractivity contribution in [3.05, 3.63) is 95.6 Å². The third-order valence-corrected chi connectivity index (χ3v) is 6.03. The van der Waals surface area contributed by atoms with Gasteiger partial charge in [-0.3, -0.25) is 10.3 Å². The average molecular weight is 511 g/mol. The number of carbonyl (C=O) groups excluding carboxylic acids is 1. The molecule has 4 N–H and O–H groups in total. The van der Waals surface area contributed by atoms with E-state index in [2.05, 4.69) is 20.6 Å². The van der Waals surface area contributed by atoms with Crippen molar-refractivity contribution >= 4 is 40.2 Å². The summed E-state index contributed by atoms with van der Waals surface area (Å²) in [5.41, 5.74) is 10.5. The van der Waals surface area contributed by atoms with Gasteiger partial charge in [-0.15, -0.1) is 0 Å². The number of nitrogen functional groups attached to an aromatic ring is 1. The number of nitrogens with two attached hydrogens (primary N) is 1. The molecule has 0 saturated heterocycles. The van der Waals surface area contributed by atoms with Gasteiger partial charge in [0.25, 0.3) is 0 Å². The summed E-state index contributed by atoms with van der Waals surface area (Å²) in [6, 6.07) is 24.0. The molecule has 2 aromatic heterocycles. The van der Waals surface area contributed by atoms with Crippen molar-refractivity contribution < 1.29 is 9.53 Å². The molecule has 0 spiro atoms. The molecule has 0 radical (unpaired) electrons. The van der Waals surface area contributed by atoms with Crippen LogP contribution in [0.2, 0.25) is 5.02 Å².